The van der Waals surface area contributed by atoms with Gasteiger partial charge in [-0.15, -0.1) is 0 Å². The number of amides is 2. The third-order valence-electron chi connectivity index (χ3n) is 6.76. The van der Waals surface area contributed by atoms with E-state index in [0.717, 1.165) is 43.1 Å². The van der Waals surface area contributed by atoms with Crippen LogP contribution in [0.2, 0.25) is 0 Å². The number of hydrogen-bond donors (Lipinski definition) is 1. The molecule has 1 aliphatic heterocycles. The molecule has 1 N–H and O–H groups in total. The number of para-hydroxylation sites is 2. The van der Waals surface area contributed by atoms with E-state index in [2.05, 4.69) is 24.1 Å². The van der Waals surface area contributed by atoms with Crippen molar-refractivity contribution >= 4 is 22.8 Å². The van der Waals surface area contributed by atoms with Crippen molar-refractivity contribution in [2.75, 3.05) is 6.54 Å². The highest BCUT2D eigenvalue weighted by Crippen LogP contribution is 2.31. The van der Waals surface area contributed by atoms with Crippen LogP contribution in [0.4, 0.5) is 0 Å². The summed E-state index contributed by atoms with van der Waals surface area (Å²) < 4.78 is 1.94. The minimum atomic E-state index is -0.922. The quantitative estimate of drug-likeness (QED) is 0.754. The number of hydrogen-bond acceptors (Lipinski definition) is 3. The fourth-order valence-corrected chi connectivity index (χ4v) is 4.83. The average Bonchev–Trinajstić information content (AvgIpc) is 2.88. The fourth-order valence-electron chi connectivity index (χ4n) is 4.83. The number of aromatic nitrogens is 2. The standard InChI is InChI=1S/C24H34N4O2/c1-17(2)14-15-28-22(29)21-26-19-12-8-9-13-20(19)27(21)16-24(28,3)23(30)25-18-10-6-4-5-7-11-18/h8-9,12-13,17-18H,4-7,10-11,14-16H2,1-3H3,(H,25,30)/t24-/m1/s1. The van der Waals surface area contributed by atoms with Gasteiger partial charge >= 0.3 is 0 Å². The number of fused-ring (bicyclic) bond motifs is 3. The normalized spacial score (nSPS) is 22.9. The van der Waals surface area contributed by atoms with Crippen molar-refractivity contribution in [3.8, 4) is 0 Å². The van der Waals surface area contributed by atoms with Gasteiger partial charge in [0.05, 0.1) is 17.6 Å². The van der Waals surface area contributed by atoms with Crippen molar-refractivity contribution in [2.45, 2.75) is 83.8 Å². The van der Waals surface area contributed by atoms with Crippen LogP contribution in [-0.2, 0) is 11.3 Å². The second kappa shape index (κ2) is 8.40. The predicted molar refractivity (Wildman–Crippen MR) is 118 cm³/mol. The van der Waals surface area contributed by atoms with Gasteiger partial charge in [-0.25, -0.2) is 4.98 Å². The molecule has 0 bridgehead atoms. The number of nitrogens with one attached hydrogen (secondary N) is 1. The van der Waals surface area contributed by atoms with Crippen molar-refractivity contribution in [3.05, 3.63) is 30.1 Å². The van der Waals surface area contributed by atoms with E-state index in [1.165, 1.54) is 12.8 Å². The van der Waals surface area contributed by atoms with Gasteiger partial charge in [-0.2, -0.15) is 0 Å². The first kappa shape index (κ1) is 20.9. The molecule has 1 aromatic heterocycles. The molecular formula is C24H34N4O2. The zero-order chi connectivity index (χ0) is 21.3. The molecule has 1 aromatic carbocycles. The summed E-state index contributed by atoms with van der Waals surface area (Å²) >= 11 is 0. The lowest BCUT2D eigenvalue weighted by Crippen LogP contribution is -2.65. The first-order valence-electron chi connectivity index (χ1n) is 11.5. The van der Waals surface area contributed by atoms with Crippen molar-refractivity contribution in [2.24, 2.45) is 5.92 Å². The zero-order valence-electron chi connectivity index (χ0n) is 18.5. The Hall–Kier alpha value is -2.37. The van der Waals surface area contributed by atoms with Crippen molar-refractivity contribution in [1.82, 2.24) is 19.8 Å². The third-order valence-corrected chi connectivity index (χ3v) is 6.76. The molecule has 2 amide bonds. The maximum atomic E-state index is 13.6. The molecule has 4 rings (SSSR count). The van der Waals surface area contributed by atoms with Gasteiger partial charge in [0.15, 0.2) is 5.82 Å². The topological polar surface area (TPSA) is 67.2 Å². The van der Waals surface area contributed by atoms with Crippen LogP contribution in [-0.4, -0.2) is 44.4 Å². The minimum absolute atomic E-state index is 0.0325. The average molecular weight is 411 g/mol. The van der Waals surface area contributed by atoms with Gasteiger partial charge in [0.2, 0.25) is 5.91 Å². The minimum Gasteiger partial charge on any atom is -0.351 e. The number of rotatable bonds is 5. The zero-order valence-corrected chi connectivity index (χ0v) is 18.5. The molecule has 1 fully saturated rings. The van der Waals surface area contributed by atoms with Gasteiger partial charge < -0.3 is 14.8 Å². The van der Waals surface area contributed by atoms with E-state index >= 15 is 0 Å². The molecule has 2 aromatic rings. The van der Waals surface area contributed by atoms with Gasteiger partial charge in [0.25, 0.3) is 5.91 Å². The van der Waals surface area contributed by atoms with Crippen LogP contribution in [0.15, 0.2) is 24.3 Å². The van der Waals surface area contributed by atoms with Gasteiger partial charge in [0.1, 0.15) is 5.54 Å². The highest BCUT2D eigenvalue weighted by atomic mass is 16.2. The second-order valence-electron chi connectivity index (χ2n) is 9.59. The van der Waals surface area contributed by atoms with Gasteiger partial charge in [-0.1, -0.05) is 51.7 Å². The summed E-state index contributed by atoms with van der Waals surface area (Å²) in [6.07, 6.45) is 7.72. The van der Waals surface area contributed by atoms with Crippen LogP contribution >= 0.6 is 0 Å². The lowest BCUT2D eigenvalue weighted by molar-refractivity contribution is -0.133. The Morgan fingerprint density at radius 3 is 2.60 bits per heavy atom. The molecule has 2 aliphatic rings. The first-order valence-corrected chi connectivity index (χ1v) is 11.5. The summed E-state index contributed by atoms with van der Waals surface area (Å²) in [6, 6.07) is 8.00. The highest BCUT2D eigenvalue weighted by molar-refractivity contribution is 6.01. The number of imidazole rings is 1. The smallest absolute Gasteiger partial charge is 0.290 e. The fraction of sp³-hybridized carbons (Fsp3) is 0.625. The van der Waals surface area contributed by atoms with Crippen molar-refractivity contribution < 1.29 is 9.59 Å². The first-order chi connectivity index (χ1) is 14.4. The maximum Gasteiger partial charge on any atom is 0.290 e. The summed E-state index contributed by atoms with van der Waals surface area (Å²) in [5.74, 6) is 0.721. The molecule has 0 radical (unpaired) electrons. The predicted octanol–water partition coefficient (Wildman–Crippen LogP) is 4.14. The summed E-state index contributed by atoms with van der Waals surface area (Å²) in [5.41, 5.74) is 0.797. The molecule has 30 heavy (non-hydrogen) atoms. The van der Waals surface area contributed by atoms with Crippen molar-refractivity contribution in [1.29, 1.82) is 0 Å². The summed E-state index contributed by atoms with van der Waals surface area (Å²) in [5, 5.41) is 3.31. The summed E-state index contributed by atoms with van der Waals surface area (Å²) in [6.45, 7) is 7.22. The molecule has 0 saturated heterocycles. The van der Waals surface area contributed by atoms with E-state index in [1.54, 1.807) is 4.90 Å². The molecule has 1 atom stereocenters. The van der Waals surface area contributed by atoms with Crippen molar-refractivity contribution in [3.63, 3.8) is 0 Å². The lowest BCUT2D eigenvalue weighted by Gasteiger charge is -2.44. The number of nitrogens with zero attached hydrogens (tertiary/aromatic N) is 3. The largest absolute Gasteiger partial charge is 0.351 e. The highest BCUT2D eigenvalue weighted by Gasteiger charge is 2.48. The maximum absolute atomic E-state index is 13.6. The number of carbonyl (C=O) groups is 2. The van der Waals surface area contributed by atoms with Gasteiger partial charge in [0, 0.05) is 12.6 Å². The van der Waals surface area contributed by atoms with E-state index in [0.29, 0.717) is 24.8 Å². The Labute approximate surface area is 179 Å². The van der Waals surface area contributed by atoms with Crippen LogP contribution < -0.4 is 5.32 Å². The second-order valence-corrected chi connectivity index (χ2v) is 9.59. The molecule has 6 nitrogen and oxygen atoms in total. The SMILES string of the molecule is CC(C)CCN1C(=O)c2nc3ccccc3n2C[C@]1(C)C(=O)NC1CCCCCC1. The van der Waals surface area contributed by atoms with E-state index in [-0.39, 0.29) is 17.9 Å². The van der Waals surface area contributed by atoms with Crippen LogP contribution in [0.5, 0.6) is 0 Å². The third kappa shape index (κ3) is 3.84. The molecule has 1 saturated carbocycles. The molecule has 162 valence electrons. The molecule has 0 spiro atoms. The van der Waals surface area contributed by atoms with Crippen LogP contribution in [0.3, 0.4) is 0 Å². The summed E-state index contributed by atoms with van der Waals surface area (Å²) in [7, 11) is 0. The van der Waals surface area contributed by atoms with E-state index < -0.39 is 5.54 Å². The monoisotopic (exact) mass is 410 g/mol. The molecule has 0 unspecified atom stereocenters. The van der Waals surface area contributed by atoms with E-state index in [1.807, 2.05) is 35.8 Å². The van der Waals surface area contributed by atoms with Crippen LogP contribution in [0.25, 0.3) is 11.0 Å². The molecule has 1 aliphatic carbocycles. The summed E-state index contributed by atoms with van der Waals surface area (Å²) in [4.78, 5) is 33.5. The Bertz CT molecular complexity index is 926. The molecule has 2 heterocycles. The van der Waals surface area contributed by atoms with Crippen LogP contribution in [0, 0.1) is 5.92 Å². The van der Waals surface area contributed by atoms with E-state index in [4.69, 9.17) is 0 Å². The molecular weight excluding hydrogens is 376 g/mol. The Morgan fingerprint density at radius 2 is 1.90 bits per heavy atom. The Kier molecular flexibility index (Phi) is 5.85. The van der Waals surface area contributed by atoms with Gasteiger partial charge in [-0.05, 0) is 44.2 Å². The molecule has 6 heteroatoms. The number of benzene rings is 1. The lowest BCUT2D eigenvalue weighted by atomic mass is 9.93. The Morgan fingerprint density at radius 1 is 1.20 bits per heavy atom. The van der Waals surface area contributed by atoms with E-state index in [9.17, 15) is 9.59 Å². The van der Waals surface area contributed by atoms with Gasteiger partial charge in [-0.3, -0.25) is 9.59 Å². The number of carbonyl (C=O) groups excluding carboxylic acids is 2. The van der Waals surface area contributed by atoms with Crippen LogP contribution in [0.1, 0.15) is 76.3 Å². The Balaban J connectivity index is 1.68.